The van der Waals surface area contributed by atoms with Crippen LogP contribution in [0.5, 0.6) is 0 Å². The van der Waals surface area contributed by atoms with Gasteiger partial charge in [0.05, 0.1) is 6.61 Å². The smallest absolute Gasteiger partial charge is 0.0615 e. The van der Waals surface area contributed by atoms with Crippen molar-refractivity contribution in [1.29, 1.82) is 0 Å². The minimum atomic E-state index is 0.466. The van der Waals surface area contributed by atoms with Crippen molar-refractivity contribution in [3.8, 4) is 0 Å². The fraction of sp³-hybridized carbons (Fsp3) is 1.00. The van der Waals surface area contributed by atoms with Crippen molar-refractivity contribution >= 4 is 0 Å². The summed E-state index contributed by atoms with van der Waals surface area (Å²) < 4.78 is 5.24. The molecular weight excluding hydrogens is 212 g/mol. The van der Waals surface area contributed by atoms with Crippen molar-refractivity contribution in [3.63, 3.8) is 0 Å². The van der Waals surface area contributed by atoms with E-state index in [4.69, 9.17) is 4.74 Å². The molecule has 17 heavy (non-hydrogen) atoms. The zero-order chi connectivity index (χ0) is 13.4. The Morgan fingerprint density at radius 2 is 1.65 bits per heavy atom. The maximum absolute atomic E-state index is 5.24. The summed E-state index contributed by atoms with van der Waals surface area (Å²) in [5, 5.41) is 3.56. The van der Waals surface area contributed by atoms with Crippen LogP contribution in [0.15, 0.2) is 0 Å². The highest BCUT2D eigenvalue weighted by atomic mass is 16.5. The quantitative estimate of drug-likeness (QED) is 0.673. The van der Waals surface area contributed by atoms with Gasteiger partial charge in [0.2, 0.25) is 0 Å². The molecule has 0 amide bonds. The molecule has 0 rings (SSSR count). The lowest BCUT2D eigenvalue weighted by Gasteiger charge is -2.35. The standard InChI is InChI=1S/C14H32N2O/c1-11(2)8-15-9-14(12(3)4)16(6)13(5)10-17-7/h11-15H,8-10H2,1-7H3. The molecule has 0 saturated carbocycles. The maximum Gasteiger partial charge on any atom is 0.0615 e. The van der Waals surface area contributed by atoms with E-state index in [1.54, 1.807) is 7.11 Å². The lowest BCUT2D eigenvalue weighted by molar-refractivity contribution is 0.0727. The van der Waals surface area contributed by atoms with Gasteiger partial charge in [-0.1, -0.05) is 27.7 Å². The fourth-order valence-corrected chi connectivity index (χ4v) is 2.06. The molecule has 0 aromatic carbocycles. The van der Waals surface area contributed by atoms with Crippen molar-refractivity contribution in [2.75, 3.05) is 33.9 Å². The Balaban J connectivity index is 4.21. The zero-order valence-corrected chi connectivity index (χ0v) is 12.8. The van der Waals surface area contributed by atoms with Gasteiger partial charge in [-0.3, -0.25) is 4.90 Å². The molecule has 0 spiro atoms. The first kappa shape index (κ1) is 16.9. The van der Waals surface area contributed by atoms with Gasteiger partial charge in [0.1, 0.15) is 0 Å². The molecule has 104 valence electrons. The second kappa shape index (κ2) is 8.90. The van der Waals surface area contributed by atoms with Crippen LogP contribution in [0.1, 0.15) is 34.6 Å². The van der Waals surface area contributed by atoms with Crippen LogP contribution >= 0.6 is 0 Å². The first-order valence-electron chi connectivity index (χ1n) is 6.81. The normalized spacial score (nSPS) is 15.9. The van der Waals surface area contributed by atoms with Gasteiger partial charge >= 0.3 is 0 Å². The summed E-state index contributed by atoms with van der Waals surface area (Å²) in [4.78, 5) is 2.43. The highest BCUT2D eigenvalue weighted by molar-refractivity contribution is 4.78. The summed E-state index contributed by atoms with van der Waals surface area (Å²) in [6.07, 6.45) is 0. The van der Waals surface area contributed by atoms with Crippen molar-refractivity contribution in [2.45, 2.75) is 46.7 Å². The zero-order valence-electron chi connectivity index (χ0n) is 12.8. The van der Waals surface area contributed by atoms with E-state index >= 15 is 0 Å². The second-order valence-electron chi connectivity index (χ2n) is 5.83. The number of likely N-dealkylation sites (N-methyl/N-ethyl adjacent to an activating group) is 1. The van der Waals surface area contributed by atoms with Gasteiger partial charge in [-0.05, 0) is 32.4 Å². The van der Waals surface area contributed by atoms with Gasteiger partial charge in [-0.15, -0.1) is 0 Å². The summed E-state index contributed by atoms with van der Waals surface area (Å²) in [7, 11) is 3.97. The number of nitrogens with one attached hydrogen (secondary N) is 1. The number of hydrogen-bond acceptors (Lipinski definition) is 3. The summed E-state index contributed by atoms with van der Waals surface area (Å²) in [6.45, 7) is 14.2. The molecule has 0 fully saturated rings. The average Bonchev–Trinajstić information content (AvgIpc) is 2.23. The van der Waals surface area contributed by atoms with Gasteiger partial charge in [0, 0.05) is 25.7 Å². The van der Waals surface area contributed by atoms with Crippen LogP contribution in [0.4, 0.5) is 0 Å². The molecule has 3 nitrogen and oxygen atoms in total. The van der Waals surface area contributed by atoms with E-state index in [1.165, 1.54) is 0 Å². The first-order chi connectivity index (χ1) is 7.90. The molecule has 0 aliphatic carbocycles. The van der Waals surface area contributed by atoms with E-state index in [0.717, 1.165) is 19.7 Å². The molecule has 0 radical (unpaired) electrons. The third-order valence-electron chi connectivity index (χ3n) is 3.30. The Kier molecular flexibility index (Phi) is 8.83. The largest absolute Gasteiger partial charge is 0.383 e. The lowest BCUT2D eigenvalue weighted by Crippen LogP contribution is -2.49. The molecule has 0 heterocycles. The Morgan fingerprint density at radius 1 is 1.06 bits per heavy atom. The van der Waals surface area contributed by atoms with Crippen molar-refractivity contribution < 1.29 is 4.74 Å². The minimum Gasteiger partial charge on any atom is -0.383 e. The predicted octanol–water partition coefficient (Wildman–Crippen LogP) is 2.22. The molecule has 0 aromatic heterocycles. The third-order valence-corrected chi connectivity index (χ3v) is 3.30. The van der Waals surface area contributed by atoms with Gasteiger partial charge in [-0.2, -0.15) is 0 Å². The minimum absolute atomic E-state index is 0.466. The van der Waals surface area contributed by atoms with E-state index in [9.17, 15) is 0 Å². The van der Waals surface area contributed by atoms with Crippen molar-refractivity contribution in [1.82, 2.24) is 10.2 Å². The number of methoxy groups -OCH3 is 1. The number of rotatable bonds is 9. The molecule has 0 aliphatic rings. The van der Waals surface area contributed by atoms with Gasteiger partial charge in [0.25, 0.3) is 0 Å². The molecule has 0 bridgehead atoms. The maximum atomic E-state index is 5.24. The van der Waals surface area contributed by atoms with Crippen molar-refractivity contribution in [2.24, 2.45) is 11.8 Å². The molecule has 2 unspecified atom stereocenters. The molecule has 1 N–H and O–H groups in total. The summed E-state index contributed by atoms with van der Waals surface area (Å²) in [5.41, 5.74) is 0. The molecule has 2 atom stereocenters. The van der Waals surface area contributed by atoms with E-state index in [1.807, 2.05) is 0 Å². The second-order valence-corrected chi connectivity index (χ2v) is 5.83. The van der Waals surface area contributed by atoms with E-state index in [0.29, 0.717) is 23.9 Å². The summed E-state index contributed by atoms with van der Waals surface area (Å²) in [6, 6.07) is 1.03. The van der Waals surface area contributed by atoms with Crippen molar-refractivity contribution in [3.05, 3.63) is 0 Å². The Hall–Kier alpha value is -0.120. The monoisotopic (exact) mass is 244 g/mol. The Labute approximate surface area is 108 Å². The van der Waals surface area contributed by atoms with E-state index in [2.05, 4.69) is 51.9 Å². The van der Waals surface area contributed by atoms with Crippen LogP contribution in [-0.2, 0) is 4.74 Å². The van der Waals surface area contributed by atoms with Crippen LogP contribution in [0.3, 0.4) is 0 Å². The number of nitrogens with zero attached hydrogens (tertiary/aromatic N) is 1. The molecule has 0 saturated heterocycles. The van der Waals surface area contributed by atoms with E-state index < -0.39 is 0 Å². The summed E-state index contributed by atoms with van der Waals surface area (Å²) >= 11 is 0. The SMILES string of the molecule is COCC(C)N(C)C(CNCC(C)C)C(C)C. The van der Waals surface area contributed by atoms with Gasteiger partial charge < -0.3 is 10.1 Å². The Bertz CT molecular complexity index is 183. The number of hydrogen-bond donors (Lipinski definition) is 1. The first-order valence-corrected chi connectivity index (χ1v) is 6.81. The van der Waals surface area contributed by atoms with Crippen LogP contribution in [-0.4, -0.2) is 50.8 Å². The van der Waals surface area contributed by atoms with E-state index in [-0.39, 0.29) is 0 Å². The van der Waals surface area contributed by atoms with Crippen LogP contribution in [0, 0.1) is 11.8 Å². The molecule has 0 aliphatic heterocycles. The van der Waals surface area contributed by atoms with Crippen LogP contribution in [0.25, 0.3) is 0 Å². The topological polar surface area (TPSA) is 24.5 Å². The molecular formula is C14H32N2O. The Morgan fingerprint density at radius 3 is 2.06 bits per heavy atom. The molecule has 0 aromatic rings. The average molecular weight is 244 g/mol. The van der Waals surface area contributed by atoms with Gasteiger partial charge in [-0.25, -0.2) is 0 Å². The number of ether oxygens (including phenoxy) is 1. The lowest BCUT2D eigenvalue weighted by atomic mass is 10.0. The predicted molar refractivity (Wildman–Crippen MR) is 75.4 cm³/mol. The molecule has 3 heteroatoms. The highest BCUT2D eigenvalue weighted by Gasteiger charge is 2.22. The third kappa shape index (κ3) is 7.02. The highest BCUT2D eigenvalue weighted by Crippen LogP contribution is 2.12. The van der Waals surface area contributed by atoms with Crippen LogP contribution < -0.4 is 5.32 Å². The van der Waals surface area contributed by atoms with Gasteiger partial charge in [0.15, 0.2) is 0 Å². The fourth-order valence-electron chi connectivity index (χ4n) is 2.06. The summed E-state index contributed by atoms with van der Waals surface area (Å²) in [5.74, 6) is 1.36. The van der Waals surface area contributed by atoms with Crippen LogP contribution in [0.2, 0.25) is 0 Å².